The lowest BCUT2D eigenvalue weighted by atomic mass is 10.2. The molecular weight excluding hydrogens is 178 g/mol. The number of furan rings is 1. The Kier molecular flexibility index (Phi) is 2.37. The Morgan fingerprint density at radius 3 is 3.07 bits per heavy atom. The van der Waals surface area contributed by atoms with Crippen LogP contribution < -0.4 is 5.73 Å². The van der Waals surface area contributed by atoms with Crippen LogP contribution in [0.4, 0.5) is 0 Å². The summed E-state index contributed by atoms with van der Waals surface area (Å²) in [6, 6.07) is 3.62. The summed E-state index contributed by atoms with van der Waals surface area (Å²) in [6.07, 6.45) is 5.32. The van der Waals surface area contributed by atoms with Crippen molar-refractivity contribution in [2.75, 3.05) is 0 Å². The van der Waals surface area contributed by atoms with E-state index >= 15 is 0 Å². The van der Waals surface area contributed by atoms with Gasteiger partial charge in [-0.15, -0.1) is 0 Å². The average molecular weight is 191 g/mol. The maximum atomic E-state index is 5.96. The molecule has 2 N–H and O–H groups in total. The molecule has 0 aromatic carbocycles. The minimum Gasteiger partial charge on any atom is -0.468 e. The van der Waals surface area contributed by atoms with E-state index in [9.17, 15) is 0 Å². The Balaban J connectivity index is 2.09. The van der Waals surface area contributed by atoms with Crippen LogP contribution in [0.1, 0.15) is 17.6 Å². The minimum atomic E-state index is -0.113. The summed E-state index contributed by atoms with van der Waals surface area (Å²) < 4.78 is 7.23. The van der Waals surface area contributed by atoms with Crippen molar-refractivity contribution in [2.45, 2.75) is 19.5 Å². The number of hydrogen-bond acceptors (Lipinski definition) is 3. The normalized spacial score (nSPS) is 13.0. The van der Waals surface area contributed by atoms with Crippen LogP contribution in [-0.4, -0.2) is 9.55 Å². The maximum Gasteiger partial charge on any atom is 0.122 e. The summed E-state index contributed by atoms with van der Waals surface area (Å²) in [5.41, 5.74) is 5.96. The molecule has 2 aromatic heterocycles. The van der Waals surface area contributed by atoms with Crippen LogP contribution >= 0.6 is 0 Å². The van der Waals surface area contributed by atoms with Crippen LogP contribution in [0, 0.1) is 6.92 Å². The highest BCUT2D eigenvalue weighted by atomic mass is 16.3. The zero-order valence-electron chi connectivity index (χ0n) is 8.05. The monoisotopic (exact) mass is 191 g/mol. The third-order valence-electron chi connectivity index (χ3n) is 2.23. The first kappa shape index (κ1) is 9.02. The van der Waals surface area contributed by atoms with Gasteiger partial charge in [-0.3, -0.25) is 0 Å². The van der Waals surface area contributed by atoms with Gasteiger partial charge >= 0.3 is 0 Å². The third kappa shape index (κ3) is 1.70. The van der Waals surface area contributed by atoms with E-state index in [0.717, 1.165) is 11.6 Å². The molecule has 4 nitrogen and oxygen atoms in total. The molecule has 14 heavy (non-hydrogen) atoms. The second-order valence-corrected chi connectivity index (χ2v) is 3.25. The van der Waals surface area contributed by atoms with Gasteiger partial charge < -0.3 is 14.7 Å². The molecule has 0 spiro atoms. The average Bonchev–Trinajstić information content (AvgIpc) is 2.77. The molecule has 1 unspecified atom stereocenters. The largest absolute Gasteiger partial charge is 0.468 e. The van der Waals surface area contributed by atoms with Gasteiger partial charge in [0.2, 0.25) is 0 Å². The van der Waals surface area contributed by atoms with Crippen LogP contribution in [0.15, 0.2) is 35.2 Å². The SMILES string of the molecule is Cc1nccn1CC(N)c1ccco1. The summed E-state index contributed by atoms with van der Waals surface area (Å²) in [6.45, 7) is 2.65. The van der Waals surface area contributed by atoms with Gasteiger partial charge in [-0.1, -0.05) is 0 Å². The van der Waals surface area contributed by atoms with E-state index in [2.05, 4.69) is 4.98 Å². The summed E-state index contributed by atoms with van der Waals surface area (Å²) in [7, 11) is 0. The fourth-order valence-corrected chi connectivity index (χ4v) is 1.40. The quantitative estimate of drug-likeness (QED) is 0.799. The van der Waals surface area contributed by atoms with Crippen molar-refractivity contribution >= 4 is 0 Å². The fourth-order valence-electron chi connectivity index (χ4n) is 1.40. The van der Waals surface area contributed by atoms with Crippen LogP contribution in [0.3, 0.4) is 0 Å². The van der Waals surface area contributed by atoms with Crippen LogP contribution in [0.25, 0.3) is 0 Å². The van der Waals surface area contributed by atoms with E-state index in [1.807, 2.05) is 29.8 Å². The van der Waals surface area contributed by atoms with Crippen LogP contribution in [0.5, 0.6) is 0 Å². The molecular formula is C10H13N3O. The molecule has 2 heterocycles. The molecule has 0 aliphatic carbocycles. The summed E-state index contributed by atoms with van der Waals surface area (Å²) >= 11 is 0. The highest BCUT2D eigenvalue weighted by Crippen LogP contribution is 2.13. The zero-order chi connectivity index (χ0) is 9.97. The fraction of sp³-hybridized carbons (Fsp3) is 0.300. The van der Waals surface area contributed by atoms with E-state index in [0.29, 0.717) is 6.54 Å². The smallest absolute Gasteiger partial charge is 0.122 e. The van der Waals surface area contributed by atoms with Gasteiger partial charge in [0.25, 0.3) is 0 Å². The standard InChI is InChI=1S/C10H13N3O/c1-8-12-4-5-13(8)7-9(11)10-3-2-6-14-10/h2-6,9H,7,11H2,1H3. The molecule has 0 saturated heterocycles. The van der Waals surface area contributed by atoms with E-state index < -0.39 is 0 Å². The number of hydrogen-bond donors (Lipinski definition) is 1. The second kappa shape index (κ2) is 3.67. The van der Waals surface area contributed by atoms with E-state index in [-0.39, 0.29) is 6.04 Å². The summed E-state index contributed by atoms with van der Waals surface area (Å²) in [5, 5.41) is 0. The van der Waals surface area contributed by atoms with Crippen LogP contribution in [-0.2, 0) is 6.54 Å². The lowest BCUT2D eigenvalue weighted by Gasteiger charge is -2.10. The van der Waals surface area contributed by atoms with Crippen molar-refractivity contribution < 1.29 is 4.42 Å². The van der Waals surface area contributed by atoms with Crippen LogP contribution in [0.2, 0.25) is 0 Å². The molecule has 1 atom stereocenters. The number of aryl methyl sites for hydroxylation is 1. The minimum absolute atomic E-state index is 0.113. The lowest BCUT2D eigenvalue weighted by Crippen LogP contribution is -2.17. The molecule has 74 valence electrons. The van der Waals surface area contributed by atoms with Gasteiger partial charge in [0.05, 0.1) is 12.3 Å². The summed E-state index contributed by atoms with van der Waals surface area (Å²) in [4.78, 5) is 4.13. The zero-order valence-corrected chi connectivity index (χ0v) is 8.05. The molecule has 0 radical (unpaired) electrons. The second-order valence-electron chi connectivity index (χ2n) is 3.25. The van der Waals surface area contributed by atoms with Gasteiger partial charge in [0, 0.05) is 18.9 Å². The Bertz CT molecular complexity index is 391. The first-order valence-electron chi connectivity index (χ1n) is 4.54. The summed E-state index contributed by atoms with van der Waals surface area (Å²) in [5.74, 6) is 1.77. The Morgan fingerprint density at radius 2 is 2.50 bits per heavy atom. The topological polar surface area (TPSA) is 57.0 Å². The molecule has 2 rings (SSSR count). The number of nitrogens with zero attached hydrogens (tertiary/aromatic N) is 2. The number of nitrogens with two attached hydrogens (primary N) is 1. The van der Waals surface area contributed by atoms with Gasteiger partial charge in [-0.2, -0.15) is 0 Å². The van der Waals surface area contributed by atoms with E-state index in [1.54, 1.807) is 12.5 Å². The molecule has 0 saturated carbocycles. The van der Waals surface area contributed by atoms with E-state index in [4.69, 9.17) is 10.2 Å². The highest BCUT2D eigenvalue weighted by Gasteiger charge is 2.10. The van der Waals surface area contributed by atoms with Gasteiger partial charge in [0.15, 0.2) is 0 Å². The molecule has 0 aliphatic heterocycles. The van der Waals surface area contributed by atoms with Crippen molar-refractivity contribution in [1.29, 1.82) is 0 Å². The molecule has 0 bridgehead atoms. The van der Waals surface area contributed by atoms with E-state index in [1.165, 1.54) is 0 Å². The Labute approximate surface area is 82.4 Å². The van der Waals surface area contributed by atoms with Gasteiger partial charge in [-0.05, 0) is 19.1 Å². The number of rotatable bonds is 3. The predicted molar refractivity (Wildman–Crippen MR) is 52.6 cm³/mol. The third-order valence-corrected chi connectivity index (χ3v) is 2.23. The maximum absolute atomic E-state index is 5.96. The molecule has 4 heteroatoms. The first-order chi connectivity index (χ1) is 6.77. The number of imidazole rings is 1. The molecule has 0 amide bonds. The van der Waals surface area contributed by atoms with Crippen molar-refractivity contribution in [3.63, 3.8) is 0 Å². The Hall–Kier alpha value is -1.55. The van der Waals surface area contributed by atoms with Crippen molar-refractivity contribution in [3.05, 3.63) is 42.4 Å². The molecule has 0 fully saturated rings. The van der Waals surface area contributed by atoms with Crippen molar-refractivity contribution in [3.8, 4) is 0 Å². The number of aromatic nitrogens is 2. The highest BCUT2D eigenvalue weighted by molar-refractivity contribution is 5.04. The Morgan fingerprint density at radius 1 is 1.64 bits per heavy atom. The van der Waals surface area contributed by atoms with Crippen molar-refractivity contribution in [1.82, 2.24) is 9.55 Å². The lowest BCUT2D eigenvalue weighted by molar-refractivity contribution is 0.432. The first-order valence-corrected chi connectivity index (χ1v) is 4.54. The molecule has 2 aromatic rings. The molecule has 0 aliphatic rings. The van der Waals surface area contributed by atoms with Crippen molar-refractivity contribution in [2.24, 2.45) is 5.73 Å². The predicted octanol–water partition coefficient (Wildman–Crippen LogP) is 1.48. The van der Waals surface area contributed by atoms with Gasteiger partial charge in [0.1, 0.15) is 11.6 Å². The van der Waals surface area contributed by atoms with Gasteiger partial charge in [-0.25, -0.2) is 4.98 Å².